The molecule has 0 unspecified atom stereocenters. The van der Waals surface area contributed by atoms with Crippen LogP contribution in [0.2, 0.25) is 0 Å². The van der Waals surface area contributed by atoms with Gasteiger partial charge in [-0.3, -0.25) is 0 Å². The highest BCUT2D eigenvalue weighted by Crippen LogP contribution is 2.23. The molecular formula is C16H15F3N2O. The minimum absolute atomic E-state index is 0.428. The Bertz CT molecular complexity index is 717. The van der Waals surface area contributed by atoms with Gasteiger partial charge in [-0.15, -0.1) is 0 Å². The fourth-order valence-electron chi connectivity index (χ4n) is 2.09. The number of aryl methyl sites for hydroxylation is 2. The molecule has 0 aliphatic carbocycles. The van der Waals surface area contributed by atoms with Gasteiger partial charge in [-0.1, -0.05) is 25.1 Å². The second kappa shape index (κ2) is 6.51. The maximum Gasteiger partial charge on any atom is 0.323 e. The van der Waals surface area contributed by atoms with Gasteiger partial charge in [0, 0.05) is 5.69 Å². The van der Waals surface area contributed by atoms with E-state index in [0.29, 0.717) is 12.1 Å². The zero-order valence-corrected chi connectivity index (χ0v) is 12.1. The van der Waals surface area contributed by atoms with Crippen molar-refractivity contribution >= 4 is 17.4 Å². The van der Waals surface area contributed by atoms with E-state index < -0.39 is 29.2 Å². The summed E-state index contributed by atoms with van der Waals surface area (Å²) in [6, 6.07) is 6.54. The highest BCUT2D eigenvalue weighted by atomic mass is 19.2. The van der Waals surface area contributed by atoms with Crippen LogP contribution < -0.4 is 10.6 Å². The predicted molar refractivity (Wildman–Crippen MR) is 79.5 cm³/mol. The van der Waals surface area contributed by atoms with Crippen molar-refractivity contribution in [2.75, 3.05) is 10.6 Å². The van der Waals surface area contributed by atoms with Gasteiger partial charge >= 0.3 is 6.03 Å². The molecule has 2 amide bonds. The zero-order valence-electron chi connectivity index (χ0n) is 12.1. The molecule has 2 N–H and O–H groups in total. The number of rotatable bonds is 3. The van der Waals surface area contributed by atoms with E-state index in [4.69, 9.17) is 0 Å². The van der Waals surface area contributed by atoms with Crippen LogP contribution in [0.4, 0.5) is 29.3 Å². The van der Waals surface area contributed by atoms with Gasteiger partial charge in [0.15, 0.2) is 17.5 Å². The van der Waals surface area contributed by atoms with Crippen LogP contribution in [-0.4, -0.2) is 6.03 Å². The lowest BCUT2D eigenvalue weighted by atomic mass is 10.1. The Labute approximate surface area is 126 Å². The molecule has 0 fully saturated rings. The number of hydrogen-bond donors (Lipinski definition) is 2. The van der Waals surface area contributed by atoms with Crippen LogP contribution >= 0.6 is 0 Å². The molecule has 2 rings (SSSR count). The quantitative estimate of drug-likeness (QED) is 0.798. The van der Waals surface area contributed by atoms with Crippen LogP contribution in [0.1, 0.15) is 18.1 Å². The fourth-order valence-corrected chi connectivity index (χ4v) is 2.09. The van der Waals surface area contributed by atoms with Crippen molar-refractivity contribution in [3.63, 3.8) is 0 Å². The van der Waals surface area contributed by atoms with Crippen LogP contribution in [0.3, 0.4) is 0 Å². The molecule has 0 saturated heterocycles. The minimum Gasteiger partial charge on any atom is -0.307 e. The van der Waals surface area contributed by atoms with Crippen molar-refractivity contribution in [1.29, 1.82) is 0 Å². The van der Waals surface area contributed by atoms with Crippen molar-refractivity contribution < 1.29 is 18.0 Å². The highest BCUT2D eigenvalue weighted by Gasteiger charge is 2.16. The Hall–Kier alpha value is -2.50. The summed E-state index contributed by atoms with van der Waals surface area (Å²) in [4.78, 5) is 11.9. The number of para-hydroxylation sites is 1. The van der Waals surface area contributed by atoms with Crippen molar-refractivity contribution in [3.05, 3.63) is 58.9 Å². The van der Waals surface area contributed by atoms with E-state index in [1.165, 1.54) is 0 Å². The molecule has 0 atom stereocenters. The van der Waals surface area contributed by atoms with Gasteiger partial charge < -0.3 is 10.6 Å². The number of halogens is 3. The first-order valence-electron chi connectivity index (χ1n) is 6.74. The molecule has 0 aromatic heterocycles. The van der Waals surface area contributed by atoms with Crippen LogP contribution in [0.15, 0.2) is 30.3 Å². The van der Waals surface area contributed by atoms with Gasteiger partial charge in [-0.05, 0) is 36.6 Å². The first-order chi connectivity index (χ1) is 10.4. The first-order valence-corrected chi connectivity index (χ1v) is 6.74. The Morgan fingerprint density at radius 1 is 1.05 bits per heavy atom. The molecule has 0 spiro atoms. The van der Waals surface area contributed by atoms with E-state index in [1.54, 1.807) is 0 Å². The van der Waals surface area contributed by atoms with Gasteiger partial charge in [-0.2, -0.15) is 0 Å². The Morgan fingerprint density at radius 2 is 1.77 bits per heavy atom. The average molecular weight is 308 g/mol. The topological polar surface area (TPSA) is 41.1 Å². The zero-order chi connectivity index (χ0) is 16.3. The molecule has 0 saturated carbocycles. The Balaban J connectivity index is 2.20. The summed E-state index contributed by atoms with van der Waals surface area (Å²) in [5.74, 6) is -4.37. The summed E-state index contributed by atoms with van der Waals surface area (Å²) in [7, 11) is 0. The molecule has 0 heterocycles. The number of hydrogen-bond acceptors (Lipinski definition) is 1. The number of carbonyl (C=O) groups is 1. The lowest BCUT2D eigenvalue weighted by molar-refractivity contribution is 0.262. The van der Waals surface area contributed by atoms with Crippen LogP contribution in [-0.2, 0) is 6.42 Å². The van der Waals surface area contributed by atoms with Crippen LogP contribution in [0, 0.1) is 24.4 Å². The van der Waals surface area contributed by atoms with E-state index in [1.807, 2.05) is 32.0 Å². The molecule has 0 aliphatic rings. The van der Waals surface area contributed by atoms with Gasteiger partial charge in [0.1, 0.15) is 0 Å². The lowest BCUT2D eigenvalue weighted by Crippen LogP contribution is -2.22. The molecule has 6 heteroatoms. The number of carbonyl (C=O) groups excluding carboxylic acids is 1. The second-order valence-electron chi connectivity index (χ2n) is 4.76. The number of anilines is 2. The largest absolute Gasteiger partial charge is 0.323 e. The summed E-state index contributed by atoms with van der Waals surface area (Å²) in [6.45, 7) is 3.76. The Morgan fingerprint density at radius 3 is 2.45 bits per heavy atom. The summed E-state index contributed by atoms with van der Waals surface area (Å²) in [6.07, 6.45) is 0.705. The monoisotopic (exact) mass is 308 g/mol. The van der Waals surface area contributed by atoms with E-state index in [0.717, 1.165) is 23.3 Å². The number of benzene rings is 2. The van der Waals surface area contributed by atoms with E-state index in [2.05, 4.69) is 10.6 Å². The summed E-state index contributed by atoms with van der Waals surface area (Å²) in [5, 5.41) is 4.78. The molecular weight excluding hydrogens is 293 g/mol. The maximum absolute atomic E-state index is 13.5. The van der Waals surface area contributed by atoms with E-state index in [9.17, 15) is 18.0 Å². The van der Waals surface area contributed by atoms with E-state index >= 15 is 0 Å². The highest BCUT2D eigenvalue weighted by molar-refractivity contribution is 6.00. The van der Waals surface area contributed by atoms with Gasteiger partial charge in [0.25, 0.3) is 0 Å². The summed E-state index contributed by atoms with van der Waals surface area (Å²) in [5.41, 5.74) is 1.95. The predicted octanol–water partition coefficient (Wildman–Crippen LogP) is 4.62. The second-order valence-corrected chi connectivity index (χ2v) is 4.76. The van der Waals surface area contributed by atoms with Gasteiger partial charge in [-0.25, -0.2) is 18.0 Å². The first kappa shape index (κ1) is 15.9. The molecule has 2 aromatic carbocycles. The van der Waals surface area contributed by atoms with Crippen molar-refractivity contribution in [2.45, 2.75) is 20.3 Å². The van der Waals surface area contributed by atoms with Crippen molar-refractivity contribution in [3.8, 4) is 0 Å². The fraction of sp³-hybridized carbons (Fsp3) is 0.188. The Kier molecular flexibility index (Phi) is 4.70. The van der Waals surface area contributed by atoms with E-state index in [-0.39, 0.29) is 0 Å². The number of nitrogens with one attached hydrogen (secondary N) is 2. The molecule has 3 nitrogen and oxygen atoms in total. The normalized spacial score (nSPS) is 10.4. The van der Waals surface area contributed by atoms with Crippen molar-refractivity contribution in [1.82, 2.24) is 0 Å². The molecule has 22 heavy (non-hydrogen) atoms. The molecule has 2 aromatic rings. The summed E-state index contributed by atoms with van der Waals surface area (Å²) < 4.78 is 39.5. The average Bonchev–Trinajstić information content (AvgIpc) is 2.50. The number of amides is 2. The minimum atomic E-state index is -1.62. The smallest absolute Gasteiger partial charge is 0.307 e. The maximum atomic E-state index is 13.5. The molecule has 0 radical (unpaired) electrons. The standard InChI is InChI=1S/C16H15F3N2O/c1-3-10-6-4-5-9(2)15(10)21-16(22)20-12-8-7-11(17)13(18)14(12)19/h4-8H,3H2,1-2H3,(H2,20,21,22). The SMILES string of the molecule is CCc1cccc(C)c1NC(=O)Nc1ccc(F)c(F)c1F. The molecule has 116 valence electrons. The third kappa shape index (κ3) is 3.21. The lowest BCUT2D eigenvalue weighted by Gasteiger charge is -2.14. The molecule has 0 aliphatic heterocycles. The van der Waals surface area contributed by atoms with Gasteiger partial charge in [0.05, 0.1) is 5.69 Å². The van der Waals surface area contributed by atoms with Gasteiger partial charge in [0.2, 0.25) is 0 Å². The van der Waals surface area contributed by atoms with Crippen LogP contribution in [0.25, 0.3) is 0 Å². The van der Waals surface area contributed by atoms with Crippen molar-refractivity contribution in [2.24, 2.45) is 0 Å². The molecule has 0 bridgehead atoms. The third-order valence-electron chi connectivity index (χ3n) is 3.26. The number of urea groups is 1. The summed E-state index contributed by atoms with van der Waals surface area (Å²) >= 11 is 0. The third-order valence-corrected chi connectivity index (χ3v) is 3.26. The van der Waals surface area contributed by atoms with Crippen LogP contribution in [0.5, 0.6) is 0 Å².